The fraction of sp³-hybridized carbons (Fsp3) is 0.653. The molecule has 0 aliphatic rings. The molecule has 1 unspecified atom stereocenters. The lowest BCUT2D eigenvalue weighted by atomic mass is 10.1. The second kappa shape index (κ2) is 43.3. The second-order valence-corrected chi connectivity index (χ2v) is 14.3. The molecular weight excluding hydrogens is 685 g/mol. The van der Waals surface area contributed by atoms with E-state index in [0.717, 1.165) is 83.5 Å². The lowest BCUT2D eigenvalue weighted by molar-refractivity contribution is -0.166. The van der Waals surface area contributed by atoms with Gasteiger partial charge in [0, 0.05) is 12.8 Å². The van der Waals surface area contributed by atoms with Gasteiger partial charge in [0.1, 0.15) is 13.2 Å². The van der Waals surface area contributed by atoms with Gasteiger partial charge in [-0.05, 0) is 77.0 Å². The maximum Gasteiger partial charge on any atom is 0.309 e. The van der Waals surface area contributed by atoms with E-state index in [0.29, 0.717) is 6.42 Å². The van der Waals surface area contributed by atoms with Crippen LogP contribution in [0.4, 0.5) is 0 Å². The summed E-state index contributed by atoms with van der Waals surface area (Å²) in [6.07, 6.45) is 54.6. The summed E-state index contributed by atoms with van der Waals surface area (Å²) in [4.78, 5) is 37.6. The molecule has 0 bridgehead atoms. The first-order valence-corrected chi connectivity index (χ1v) is 22.1. The van der Waals surface area contributed by atoms with Gasteiger partial charge in [0.05, 0.1) is 6.42 Å². The number of hydrogen-bond acceptors (Lipinski definition) is 6. The fourth-order valence-electron chi connectivity index (χ4n) is 5.67. The lowest BCUT2D eigenvalue weighted by Crippen LogP contribution is -2.30. The maximum atomic E-state index is 12.7. The largest absolute Gasteiger partial charge is 0.462 e. The number of esters is 3. The fourth-order valence-corrected chi connectivity index (χ4v) is 5.67. The van der Waals surface area contributed by atoms with Gasteiger partial charge in [-0.15, -0.1) is 0 Å². The molecule has 0 saturated carbocycles. The highest BCUT2D eigenvalue weighted by Crippen LogP contribution is 2.12. The zero-order valence-electron chi connectivity index (χ0n) is 35.4. The number of carbonyl (C=O) groups excluding carboxylic acids is 3. The van der Waals surface area contributed by atoms with Gasteiger partial charge in [-0.3, -0.25) is 14.4 Å². The van der Waals surface area contributed by atoms with Crippen LogP contribution in [0.3, 0.4) is 0 Å². The second-order valence-electron chi connectivity index (χ2n) is 14.3. The molecule has 0 rings (SSSR count). The number of hydrogen-bond donors (Lipinski definition) is 0. The van der Waals surface area contributed by atoms with Gasteiger partial charge in [-0.2, -0.15) is 0 Å². The lowest BCUT2D eigenvalue weighted by Gasteiger charge is -2.18. The molecule has 0 fully saturated rings. The highest BCUT2D eigenvalue weighted by atomic mass is 16.6. The highest BCUT2D eigenvalue weighted by Gasteiger charge is 2.19. The summed E-state index contributed by atoms with van der Waals surface area (Å²) in [5.74, 6) is -1.08. The number of unbranched alkanes of at least 4 members (excludes halogenated alkanes) is 16. The topological polar surface area (TPSA) is 78.9 Å². The third-order valence-corrected chi connectivity index (χ3v) is 8.96. The molecule has 0 aromatic carbocycles. The van der Waals surface area contributed by atoms with E-state index in [9.17, 15) is 14.4 Å². The average molecular weight is 765 g/mol. The molecule has 0 aromatic rings. The number of allylic oxidation sites excluding steroid dienone is 13. The predicted octanol–water partition coefficient (Wildman–Crippen LogP) is 14.1. The molecule has 0 saturated heterocycles. The molecule has 0 radical (unpaired) electrons. The van der Waals surface area contributed by atoms with Crippen molar-refractivity contribution in [2.24, 2.45) is 0 Å². The molecule has 0 N–H and O–H groups in total. The van der Waals surface area contributed by atoms with Crippen LogP contribution in [0.25, 0.3) is 0 Å². The third kappa shape index (κ3) is 41.6. The normalized spacial score (nSPS) is 12.9. The van der Waals surface area contributed by atoms with E-state index in [-0.39, 0.29) is 38.0 Å². The zero-order valence-corrected chi connectivity index (χ0v) is 35.4. The molecule has 6 heteroatoms. The van der Waals surface area contributed by atoms with E-state index >= 15 is 0 Å². The summed E-state index contributed by atoms with van der Waals surface area (Å²) in [5.41, 5.74) is 0. The molecule has 312 valence electrons. The van der Waals surface area contributed by atoms with Crippen LogP contribution in [-0.4, -0.2) is 37.2 Å². The van der Waals surface area contributed by atoms with Gasteiger partial charge in [0.25, 0.3) is 0 Å². The molecule has 0 heterocycles. The molecule has 0 aromatic heterocycles. The van der Waals surface area contributed by atoms with Crippen molar-refractivity contribution in [1.82, 2.24) is 0 Å². The molecular formula is C49H80O6. The Morgan fingerprint density at radius 2 is 0.873 bits per heavy atom. The molecule has 0 amide bonds. The van der Waals surface area contributed by atoms with Crippen molar-refractivity contribution in [3.8, 4) is 0 Å². The molecule has 1 atom stereocenters. The molecule has 0 aliphatic heterocycles. The van der Waals surface area contributed by atoms with Crippen molar-refractivity contribution in [2.75, 3.05) is 13.2 Å². The minimum Gasteiger partial charge on any atom is -0.462 e. The van der Waals surface area contributed by atoms with Crippen LogP contribution in [0.5, 0.6) is 0 Å². The molecule has 55 heavy (non-hydrogen) atoms. The molecule has 0 aliphatic carbocycles. The van der Waals surface area contributed by atoms with Gasteiger partial charge in [0.15, 0.2) is 6.10 Å². The predicted molar refractivity (Wildman–Crippen MR) is 233 cm³/mol. The summed E-state index contributed by atoms with van der Waals surface area (Å²) in [6, 6.07) is 0. The first-order valence-electron chi connectivity index (χ1n) is 22.1. The monoisotopic (exact) mass is 765 g/mol. The summed E-state index contributed by atoms with van der Waals surface area (Å²) in [7, 11) is 0. The maximum absolute atomic E-state index is 12.7. The summed E-state index contributed by atoms with van der Waals surface area (Å²) < 4.78 is 16.5. The Labute approximate surface area is 337 Å². The Bertz CT molecular complexity index is 1110. The Morgan fingerprint density at radius 1 is 0.418 bits per heavy atom. The van der Waals surface area contributed by atoms with Gasteiger partial charge in [-0.1, -0.05) is 176 Å². The van der Waals surface area contributed by atoms with E-state index in [1.807, 2.05) is 6.08 Å². The van der Waals surface area contributed by atoms with Crippen LogP contribution in [0.2, 0.25) is 0 Å². The SMILES string of the molecule is CC\C=C/C=C\C=C/CCCCCCCCCC(=O)OCC(COC(=O)C/C=C\C/C=C\C/C=C\CC)OC(=O)CCCCC/C=C\CCCCCCCC. The highest BCUT2D eigenvalue weighted by molar-refractivity contribution is 5.72. The van der Waals surface area contributed by atoms with Gasteiger partial charge >= 0.3 is 17.9 Å². The Balaban J connectivity index is 4.47. The minimum atomic E-state index is -0.822. The quantitative estimate of drug-likeness (QED) is 0.0205. The summed E-state index contributed by atoms with van der Waals surface area (Å²) in [5, 5.41) is 0. The molecule has 6 nitrogen and oxygen atoms in total. The van der Waals surface area contributed by atoms with Gasteiger partial charge in [-0.25, -0.2) is 0 Å². The average Bonchev–Trinajstić information content (AvgIpc) is 3.18. The van der Waals surface area contributed by atoms with Gasteiger partial charge < -0.3 is 14.2 Å². The van der Waals surface area contributed by atoms with Crippen molar-refractivity contribution in [2.45, 2.75) is 194 Å². The number of rotatable bonds is 38. The zero-order chi connectivity index (χ0) is 40.1. The first-order chi connectivity index (χ1) is 27.0. The molecule has 0 spiro atoms. The van der Waals surface area contributed by atoms with Crippen LogP contribution >= 0.6 is 0 Å². The van der Waals surface area contributed by atoms with E-state index in [1.165, 1.54) is 64.2 Å². The minimum absolute atomic E-state index is 0.117. The Morgan fingerprint density at radius 3 is 1.47 bits per heavy atom. The van der Waals surface area contributed by atoms with Crippen molar-refractivity contribution in [3.63, 3.8) is 0 Å². The Kier molecular flexibility index (Phi) is 40.6. The Hall–Kier alpha value is -3.41. The van der Waals surface area contributed by atoms with Crippen LogP contribution in [-0.2, 0) is 28.6 Å². The smallest absolute Gasteiger partial charge is 0.309 e. The van der Waals surface area contributed by atoms with E-state index in [4.69, 9.17) is 14.2 Å². The van der Waals surface area contributed by atoms with E-state index < -0.39 is 12.1 Å². The van der Waals surface area contributed by atoms with E-state index in [1.54, 1.807) is 6.08 Å². The summed E-state index contributed by atoms with van der Waals surface area (Å²) >= 11 is 0. The van der Waals surface area contributed by atoms with Crippen molar-refractivity contribution < 1.29 is 28.6 Å². The van der Waals surface area contributed by atoms with E-state index in [2.05, 4.69) is 93.7 Å². The standard InChI is InChI=1S/C49H80O6/c1-4-7-10-13-16-19-21-23-24-26-27-30-33-36-39-42-48(51)54-45-46(44-53-47(50)41-38-35-32-29-18-15-12-9-6-3)55-49(52)43-40-37-34-31-28-25-22-20-17-14-11-8-5-2/h7,9-10,12-13,16,18-19,21,25,28-29,35,38,46H,4-6,8,11,14-15,17,20,22-24,26-27,30-34,36-37,39-45H2,1-3H3/b10-7-,12-9-,16-13-,21-19-,28-25-,29-18-,38-35-. The van der Waals surface area contributed by atoms with Crippen LogP contribution in [0.15, 0.2) is 85.1 Å². The first kappa shape index (κ1) is 51.6. The number of ether oxygens (including phenoxy) is 3. The summed E-state index contributed by atoms with van der Waals surface area (Å²) in [6.45, 7) is 6.23. The van der Waals surface area contributed by atoms with Gasteiger partial charge in [0.2, 0.25) is 0 Å². The van der Waals surface area contributed by atoms with Crippen molar-refractivity contribution in [3.05, 3.63) is 85.1 Å². The number of carbonyl (C=O) groups is 3. The van der Waals surface area contributed by atoms with Crippen molar-refractivity contribution in [1.29, 1.82) is 0 Å². The van der Waals surface area contributed by atoms with Crippen LogP contribution in [0, 0.1) is 0 Å². The van der Waals surface area contributed by atoms with Crippen LogP contribution in [0.1, 0.15) is 188 Å². The van der Waals surface area contributed by atoms with Crippen LogP contribution < -0.4 is 0 Å². The van der Waals surface area contributed by atoms with Crippen molar-refractivity contribution >= 4 is 17.9 Å². The third-order valence-electron chi connectivity index (χ3n) is 8.96.